The van der Waals surface area contributed by atoms with Crippen molar-refractivity contribution in [1.29, 1.82) is 0 Å². The third kappa shape index (κ3) is 16.1. The molecule has 77 heavy (non-hydrogen) atoms. The molecule has 8 amide bonds. The lowest BCUT2D eigenvalue weighted by Gasteiger charge is -2.38. The van der Waals surface area contributed by atoms with Gasteiger partial charge in [-0.1, -0.05) is 68.8 Å². The number of fused-ring (bicyclic) bond motifs is 1. The van der Waals surface area contributed by atoms with E-state index in [2.05, 4.69) is 26.3 Å². The molecule has 20 nitrogen and oxygen atoms in total. The van der Waals surface area contributed by atoms with Crippen molar-refractivity contribution in [2.45, 2.75) is 174 Å². The molecule has 7 N–H and O–H groups in total. The second-order valence-corrected chi connectivity index (χ2v) is 23.7. The molecule has 3 aliphatic rings. The fourth-order valence-electron chi connectivity index (χ4n) is 10.0. The number of aromatic nitrogens is 1. The van der Waals surface area contributed by atoms with Crippen LogP contribution in [0.15, 0.2) is 48.0 Å². The average molecular weight is 1110 g/mol. The number of nitrogens with zero attached hydrogens (tertiary/aromatic N) is 4. The standard InChI is InChI=1S/C55H76ClN9O11S/c1-31(34-16-18-36(19-17-34)47-32(2)58-30-77-47)59-50(71)42-26-39(67)27-64(42)52(73)48(54(4,5)6)62-45(69)15-11-13-35-12-10-14-43(46(35)56)75-29-37(20-23-44(57)68)60-49(70)41-22-21-38-24-25-63(33(3)66)28-40(51(72)65(38)41)61-53(74)76-55(7,8)9/h10,12,14,16-19,30-31,37-42,48,67H,11,13,15,20-29H2,1-9H3,(H2,57,68)(H,59,71)(H,60,70)(H,61,74)(H,62,69)/t31?,37?,38-,39-,40+,41+,42+,48?/m1/s1. The molecule has 0 aliphatic carbocycles. The number of carbonyl (C=O) groups is 8. The molecule has 8 atom stereocenters. The van der Waals surface area contributed by atoms with E-state index in [1.54, 1.807) is 55.8 Å². The Morgan fingerprint density at radius 2 is 1.62 bits per heavy atom. The fourth-order valence-corrected chi connectivity index (χ4v) is 11.1. The van der Waals surface area contributed by atoms with Gasteiger partial charge in [0.1, 0.15) is 42.1 Å². The summed E-state index contributed by atoms with van der Waals surface area (Å²) in [5.74, 6) is -2.84. The van der Waals surface area contributed by atoms with Gasteiger partial charge >= 0.3 is 6.09 Å². The predicted octanol–water partition coefficient (Wildman–Crippen LogP) is 5.10. The van der Waals surface area contributed by atoms with Crippen LogP contribution < -0.4 is 31.7 Å². The Hall–Kier alpha value is -6.32. The maximum absolute atomic E-state index is 14.3. The van der Waals surface area contributed by atoms with Crippen molar-refractivity contribution in [1.82, 2.24) is 41.0 Å². The number of β-amino-alcohol motifs (C(OH)–C–C–N with tert-alkyl or cyclic N) is 1. The van der Waals surface area contributed by atoms with Gasteiger partial charge in [0.15, 0.2) is 0 Å². The van der Waals surface area contributed by atoms with E-state index < -0.39 is 89.0 Å². The largest absolute Gasteiger partial charge is 0.490 e. The van der Waals surface area contributed by atoms with Gasteiger partial charge in [-0.15, -0.1) is 11.3 Å². The summed E-state index contributed by atoms with van der Waals surface area (Å²) >= 11 is 8.44. The molecule has 0 spiro atoms. The highest BCUT2D eigenvalue weighted by Gasteiger charge is 2.47. The Bertz CT molecular complexity index is 2640. The van der Waals surface area contributed by atoms with Crippen molar-refractivity contribution in [2.24, 2.45) is 11.1 Å². The summed E-state index contributed by atoms with van der Waals surface area (Å²) in [6, 6.07) is 7.45. The smallest absolute Gasteiger partial charge is 0.408 e. The summed E-state index contributed by atoms with van der Waals surface area (Å²) in [5, 5.41) is 22.5. The van der Waals surface area contributed by atoms with Crippen LogP contribution in [-0.2, 0) is 44.7 Å². The first-order valence-electron chi connectivity index (χ1n) is 26.4. The van der Waals surface area contributed by atoms with Crippen molar-refractivity contribution in [2.75, 3.05) is 26.2 Å². The van der Waals surface area contributed by atoms with Gasteiger partial charge in [0.2, 0.25) is 41.4 Å². The quantitative estimate of drug-likeness (QED) is 0.0916. The number of nitrogens with two attached hydrogens (primary N) is 1. The number of aryl methyl sites for hydroxylation is 2. The molecule has 2 aromatic carbocycles. The molecule has 420 valence electrons. The maximum Gasteiger partial charge on any atom is 0.408 e. The lowest BCUT2D eigenvalue weighted by Crippen LogP contribution is -2.61. The summed E-state index contributed by atoms with van der Waals surface area (Å²) in [4.78, 5) is 117. The van der Waals surface area contributed by atoms with E-state index in [-0.39, 0.29) is 74.0 Å². The van der Waals surface area contributed by atoms with Crippen molar-refractivity contribution < 1.29 is 52.9 Å². The monoisotopic (exact) mass is 1110 g/mol. The molecule has 1 aromatic heterocycles. The van der Waals surface area contributed by atoms with Gasteiger partial charge < -0.3 is 56.3 Å². The van der Waals surface area contributed by atoms with Gasteiger partial charge in [0.25, 0.3) is 0 Å². The first-order chi connectivity index (χ1) is 36.2. The molecule has 3 aromatic rings. The third-order valence-electron chi connectivity index (χ3n) is 14.1. The molecular weight excluding hydrogens is 1030 g/mol. The van der Waals surface area contributed by atoms with Gasteiger partial charge in [-0.25, -0.2) is 9.78 Å². The molecule has 3 fully saturated rings. The maximum atomic E-state index is 14.3. The van der Waals surface area contributed by atoms with E-state index >= 15 is 0 Å². The Kier molecular flexibility index (Phi) is 20.1. The Labute approximate surface area is 459 Å². The number of primary amides is 1. The summed E-state index contributed by atoms with van der Waals surface area (Å²) < 4.78 is 11.6. The van der Waals surface area contributed by atoms with Gasteiger partial charge in [-0.2, -0.15) is 0 Å². The van der Waals surface area contributed by atoms with E-state index in [1.165, 1.54) is 21.6 Å². The van der Waals surface area contributed by atoms with E-state index in [0.29, 0.717) is 44.2 Å². The predicted molar refractivity (Wildman–Crippen MR) is 290 cm³/mol. The Balaban J connectivity index is 1.04. The number of aliphatic hydroxyl groups excluding tert-OH is 1. The first-order valence-corrected chi connectivity index (χ1v) is 27.6. The zero-order valence-corrected chi connectivity index (χ0v) is 47.2. The summed E-state index contributed by atoms with van der Waals surface area (Å²) in [7, 11) is 0. The van der Waals surface area contributed by atoms with Gasteiger partial charge in [-0.3, -0.25) is 33.6 Å². The zero-order chi connectivity index (χ0) is 56.5. The summed E-state index contributed by atoms with van der Waals surface area (Å²) in [6.07, 6.45) is 0.268. The van der Waals surface area contributed by atoms with Crippen LogP contribution in [0.1, 0.15) is 130 Å². The first kappa shape index (κ1) is 59.9. The number of rotatable bonds is 19. The highest BCUT2D eigenvalue weighted by atomic mass is 35.5. The summed E-state index contributed by atoms with van der Waals surface area (Å²) in [5.41, 5.74) is 9.21. The fraction of sp³-hybridized carbons (Fsp3) is 0.582. The van der Waals surface area contributed by atoms with Crippen LogP contribution in [0.3, 0.4) is 0 Å². The van der Waals surface area contributed by atoms with Crippen molar-refractivity contribution in [3.63, 3.8) is 0 Å². The molecule has 0 saturated carbocycles. The SMILES string of the molecule is CC(=O)N1CC[C@H]2CC[C@@H](C(=O)NC(CCC(N)=O)COc3cccc(CCCC(=O)NC(C(=O)N4C[C@H](O)C[C@H]4C(=O)NC(C)c4ccc(-c5scnc5C)cc4)C(C)(C)C)c3Cl)N2C(=O)[C@@H](NC(=O)OC(C)(C)C)C1. The minimum absolute atomic E-state index is 0.0300. The number of ether oxygens (including phenoxy) is 2. The molecule has 3 aliphatic heterocycles. The van der Waals surface area contributed by atoms with Crippen LogP contribution in [0.2, 0.25) is 5.02 Å². The highest BCUT2D eigenvalue weighted by Crippen LogP contribution is 2.33. The van der Waals surface area contributed by atoms with Crippen LogP contribution in [0.25, 0.3) is 10.4 Å². The van der Waals surface area contributed by atoms with Crippen LogP contribution in [0, 0.1) is 12.3 Å². The lowest BCUT2D eigenvalue weighted by atomic mass is 9.85. The molecule has 4 heterocycles. The molecular formula is C55H76ClN9O11S. The third-order valence-corrected chi connectivity index (χ3v) is 15.5. The normalized spacial score (nSPS) is 20.9. The topological polar surface area (TPSA) is 272 Å². The number of aliphatic hydroxyl groups is 1. The molecule has 22 heteroatoms. The Morgan fingerprint density at radius 3 is 2.26 bits per heavy atom. The second-order valence-electron chi connectivity index (χ2n) is 22.4. The molecule has 3 saturated heterocycles. The molecule has 3 unspecified atom stereocenters. The number of hydrogen-bond donors (Lipinski definition) is 6. The number of carbonyl (C=O) groups excluding carboxylic acids is 8. The number of nitrogens with one attached hydrogen (secondary N) is 4. The van der Waals surface area contributed by atoms with E-state index in [4.69, 9.17) is 26.8 Å². The number of benzene rings is 2. The van der Waals surface area contributed by atoms with Gasteiger partial charge in [-0.05, 0) is 101 Å². The van der Waals surface area contributed by atoms with E-state index in [0.717, 1.165) is 21.7 Å². The summed E-state index contributed by atoms with van der Waals surface area (Å²) in [6.45, 7) is 15.8. The molecule has 6 rings (SSSR count). The number of alkyl carbamates (subject to hydrolysis) is 1. The number of halogens is 1. The molecule has 0 radical (unpaired) electrons. The van der Waals surface area contributed by atoms with Crippen LogP contribution in [-0.4, -0.2) is 146 Å². The molecule has 0 bridgehead atoms. The van der Waals surface area contributed by atoms with Gasteiger partial charge in [0.05, 0.1) is 45.8 Å². The zero-order valence-electron chi connectivity index (χ0n) is 45.6. The van der Waals surface area contributed by atoms with E-state index in [9.17, 15) is 43.5 Å². The Morgan fingerprint density at radius 1 is 0.922 bits per heavy atom. The minimum atomic E-state index is -1.18. The van der Waals surface area contributed by atoms with Crippen molar-refractivity contribution in [3.05, 3.63) is 69.8 Å². The number of thiazole rings is 1. The minimum Gasteiger partial charge on any atom is -0.490 e. The van der Waals surface area contributed by atoms with Crippen LogP contribution >= 0.6 is 22.9 Å². The number of hydrogen-bond acceptors (Lipinski definition) is 13. The van der Waals surface area contributed by atoms with Crippen molar-refractivity contribution >= 4 is 70.4 Å². The van der Waals surface area contributed by atoms with Gasteiger partial charge in [0, 0.05) is 45.3 Å². The van der Waals surface area contributed by atoms with E-state index in [1.807, 2.05) is 58.9 Å². The second kappa shape index (κ2) is 25.9. The van der Waals surface area contributed by atoms with Crippen LogP contribution in [0.4, 0.5) is 4.79 Å². The number of likely N-dealkylation sites (tertiary alicyclic amines) is 1. The average Bonchev–Trinajstić information content (AvgIpc) is 4.12. The highest BCUT2D eigenvalue weighted by molar-refractivity contribution is 7.13. The van der Waals surface area contributed by atoms with Crippen molar-refractivity contribution in [3.8, 4) is 16.2 Å². The van der Waals surface area contributed by atoms with Crippen LogP contribution in [0.5, 0.6) is 5.75 Å². The number of amides is 8. The lowest BCUT2D eigenvalue weighted by molar-refractivity contribution is -0.145.